The Balaban J connectivity index is 1.93. The molecule has 3 rings (SSSR count). The summed E-state index contributed by atoms with van der Waals surface area (Å²) in [6, 6.07) is 11.6. The SMILES string of the molecule is CCCNC1c2ccccc2CCC1n1cccn1. The van der Waals surface area contributed by atoms with Crippen LogP contribution in [0, 0.1) is 0 Å². The van der Waals surface area contributed by atoms with Crippen molar-refractivity contribution in [3.8, 4) is 0 Å². The zero-order valence-electron chi connectivity index (χ0n) is 11.4. The van der Waals surface area contributed by atoms with E-state index in [4.69, 9.17) is 0 Å². The first-order valence-corrected chi connectivity index (χ1v) is 7.20. The molecule has 2 atom stereocenters. The lowest BCUT2D eigenvalue weighted by Crippen LogP contribution is -2.34. The third kappa shape index (κ3) is 2.43. The molecule has 2 unspecified atom stereocenters. The van der Waals surface area contributed by atoms with Crippen LogP contribution in [0.2, 0.25) is 0 Å². The summed E-state index contributed by atoms with van der Waals surface area (Å²) in [5, 5.41) is 8.15. The Hall–Kier alpha value is -1.61. The minimum Gasteiger partial charge on any atom is -0.308 e. The first-order valence-electron chi connectivity index (χ1n) is 7.20. The number of nitrogens with one attached hydrogen (secondary N) is 1. The van der Waals surface area contributed by atoms with Crippen LogP contribution in [0.4, 0.5) is 0 Å². The molecule has 1 aromatic heterocycles. The van der Waals surface area contributed by atoms with Gasteiger partial charge in [0.15, 0.2) is 0 Å². The Kier molecular flexibility index (Phi) is 3.65. The largest absolute Gasteiger partial charge is 0.308 e. The summed E-state index contributed by atoms with van der Waals surface area (Å²) < 4.78 is 2.11. The van der Waals surface area contributed by atoms with Crippen LogP contribution in [0.3, 0.4) is 0 Å². The second-order valence-corrected chi connectivity index (χ2v) is 5.22. The normalized spacial score (nSPS) is 22.2. The summed E-state index contributed by atoms with van der Waals surface area (Å²) >= 11 is 0. The van der Waals surface area contributed by atoms with Crippen molar-refractivity contribution in [3.63, 3.8) is 0 Å². The Morgan fingerprint density at radius 1 is 1.32 bits per heavy atom. The number of fused-ring (bicyclic) bond motifs is 1. The zero-order valence-corrected chi connectivity index (χ0v) is 11.4. The molecule has 0 fully saturated rings. The van der Waals surface area contributed by atoms with Gasteiger partial charge in [0.2, 0.25) is 0 Å². The summed E-state index contributed by atoms with van der Waals surface area (Å²) in [6.07, 6.45) is 7.41. The van der Waals surface area contributed by atoms with Gasteiger partial charge in [-0.15, -0.1) is 0 Å². The molecule has 0 bridgehead atoms. The highest BCUT2D eigenvalue weighted by Gasteiger charge is 2.30. The maximum atomic E-state index is 4.45. The van der Waals surface area contributed by atoms with E-state index in [-0.39, 0.29) is 0 Å². The van der Waals surface area contributed by atoms with E-state index in [9.17, 15) is 0 Å². The van der Waals surface area contributed by atoms with E-state index in [0.29, 0.717) is 12.1 Å². The Labute approximate surface area is 114 Å². The number of benzene rings is 1. The molecule has 1 N–H and O–H groups in total. The lowest BCUT2D eigenvalue weighted by molar-refractivity contribution is 0.296. The van der Waals surface area contributed by atoms with Crippen LogP contribution in [0.25, 0.3) is 0 Å². The lowest BCUT2D eigenvalue weighted by Gasteiger charge is -2.34. The van der Waals surface area contributed by atoms with Crippen molar-refractivity contribution in [3.05, 3.63) is 53.9 Å². The van der Waals surface area contributed by atoms with Gasteiger partial charge in [-0.3, -0.25) is 4.68 Å². The van der Waals surface area contributed by atoms with Gasteiger partial charge in [-0.25, -0.2) is 0 Å². The van der Waals surface area contributed by atoms with Crippen LogP contribution in [-0.4, -0.2) is 16.3 Å². The van der Waals surface area contributed by atoms with Crippen molar-refractivity contribution in [2.24, 2.45) is 0 Å². The molecule has 0 aliphatic heterocycles. The highest BCUT2D eigenvalue weighted by Crippen LogP contribution is 2.37. The van der Waals surface area contributed by atoms with Crippen molar-refractivity contribution < 1.29 is 0 Å². The summed E-state index contributed by atoms with van der Waals surface area (Å²) in [7, 11) is 0. The molecular formula is C16H21N3. The van der Waals surface area contributed by atoms with Gasteiger partial charge in [-0.1, -0.05) is 31.2 Å². The van der Waals surface area contributed by atoms with E-state index < -0.39 is 0 Å². The molecule has 0 spiro atoms. The topological polar surface area (TPSA) is 29.9 Å². The van der Waals surface area contributed by atoms with Gasteiger partial charge < -0.3 is 5.32 Å². The van der Waals surface area contributed by atoms with E-state index in [0.717, 1.165) is 25.8 Å². The van der Waals surface area contributed by atoms with Crippen molar-refractivity contribution in [1.82, 2.24) is 15.1 Å². The van der Waals surface area contributed by atoms with Gasteiger partial charge in [-0.2, -0.15) is 5.10 Å². The number of nitrogens with zero attached hydrogens (tertiary/aromatic N) is 2. The monoisotopic (exact) mass is 255 g/mol. The van der Waals surface area contributed by atoms with Crippen molar-refractivity contribution in [2.75, 3.05) is 6.54 Å². The van der Waals surface area contributed by atoms with E-state index in [2.05, 4.69) is 52.5 Å². The summed E-state index contributed by atoms with van der Waals surface area (Å²) in [5.74, 6) is 0. The van der Waals surface area contributed by atoms with Crippen LogP contribution in [0.5, 0.6) is 0 Å². The predicted octanol–water partition coefficient (Wildman–Crippen LogP) is 3.11. The first-order chi connectivity index (χ1) is 9.40. The summed E-state index contributed by atoms with van der Waals surface area (Å²) in [5.41, 5.74) is 2.93. The highest BCUT2D eigenvalue weighted by molar-refractivity contribution is 5.33. The van der Waals surface area contributed by atoms with Crippen LogP contribution in [0.15, 0.2) is 42.7 Å². The van der Waals surface area contributed by atoms with E-state index in [1.807, 2.05) is 12.3 Å². The second-order valence-electron chi connectivity index (χ2n) is 5.22. The summed E-state index contributed by atoms with van der Waals surface area (Å²) in [4.78, 5) is 0. The average molecular weight is 255 g/mol. The third-order valence-electron chi connectivity index (χ3n) is 3.96. The fraction of sp³-hybridized carbons (Fsp3) is 0.438. The Bertz CT molecular complexity index is 519. The molecule has 1 aliphatic rings. The van der Waals surface area contributed by atoms with Crippen molar-refractivity contribution in [1.29, 1.82) is 0 Å². The summed E-state index contributed by atoms with van der Waals surface area (Å²) in [6.45, 7) is 3.27. The van der Waals surface area contributed by atoms with E-state index in [1.165, 1.54) is 11.1 Å². The van der Waals surface area contributed by atoms with Crippen LogP contribution in [-0.2, 0) is 6.42 Å². The number of aryl methyl sites for hydroxylation is 1. The number of hydrogen-bond acceptors (Lipinski definition) is 2. The molecule has 0 radical (unpaired) electrons. The van der Waals surface area contributed by atoms with Gasteiger partial charge in [0.25, 0.3) is 0 Å². The maximum Gasteiger partial charge on any atom is 0.0717 e. The quantitative estimate of drug-likeness (QED) is 0.909. The number of hydrogen-bond donors (Lipinski definition) is 1. The molecule has 3 heteroatoms. The van der Waals surface area contributed by atoms with Crippen LogP contribution < -0.4 is 5.32 Å². The molecule has 1 aliphatic carbocycles. The van der Waals surface area contributed by atoms with Crippen molar-refractivity contribution in [2.45, 2.75) is 38.3 Å². The smallest absolute Gasteiger partial charge is 0.0717 e. The fourth-order valence-corrected chi connectivity index (χ4v) is 3.05. The first kappa shape index (κ1) is 12.4. The molecule has 0 saturated heterocycles. The van der Waals surface area contributed by atoms with Gasteiger partial charge in [-0.05, 0) is 43.0 Å². The Morgan fingerprint density at radius 2 is 2.21 bits per heavy atom. The van der Waals surface area contributed by atoms with E-state index in [1.54, 1.807) is 0 Å². The Morgan fingerprint density at radius 3 is 3.00 bits per heavy atom. The standard InChI is InChI=1S/C16H21N3/c1-2-10-17-16-14-7-4-3-6-13(14)8-9-15(16)19-12-5-11-18-19/h3-7,11-12,15-17H,2,8-10H2,1H3. The molecule has 3 nitrogen and oxygen atoms in total. The van der Waals surface area contributed by atoms with Gasteiger partial charge >= 0.3 is 0 Å². The fourth-order valence-electron chi connectivity index (χ4n) is 3.05. The van der Waals surface area contributed by atoms with Crippen LogP contribution in [0.1, 0.15) is 43.0 Å². The minimum absolute atomic E-state index is 0.379. The second kappa shape index (κ2) is 5.57. The molecule has 2 aromatic rings. The van der Waals surface area contributed by atoms with Gasteiger partial charge in [0, 0.05) is 12.4 Å². The molecule has 1 heterocycles. The minimum atomic E-state index is 0.379. The maximum absolute atomic E-state index is 4.45. The van der Waals surface area contributed by atoms with Crippen LogP contribution >= 0.6 is 0 Å². The van der Waals surface area contributed by atoms with Crippen molar-refractivity contribution >= 4 is 0 Å². The van der Waals surface area contributed by atoms with Gasteiger partial charge in [0.1, 0.15) is 0 Å². The van der Waals surface area contributed by atoms with E-state index >= 15 is 0 Å². The predicted molar refractivity (Wildman–Crippen MR) is 77.1 cm³/mol. The molecule has 0 saturated carbocycles. The number of aromatic nitrogens is 2. The number of rotatable bonds is 4. The van der Waals surface area contributed by atoms with Gasteiger partial charge in [0.05, 0.1) is 12.1 Å². The zero-order chi connectivity index (χ0) is 13.1. The lowest BCUT2D eigenvalue weighted by atomic mass is 9.84. The molecular weight excluding hydrogens is 234 g/mol. The molecule has 100 valence electrons. The average Bonchev–Trinajstić information content (AvgIpc) is 2.98. The molecule has 0 amide bonds. The molecule has 19 heavy (non-hydrogen) atoms. The highest BCUT2D eigenvalue weighted by atomic mass is 15.3. The third-order valence-corrected chi connectivity index (χ3v) is 3.96. The molecule has 1 aromatic carbocycles.